The number of nitrogens with zero attached hydrogens (tertiary/aromatic N) is 2. The third-order valence-electron chi connectivity index (χ3n) is 12.5. The largest absolute Gasteiger partial charge is 0.310 e. The molecule has 0 aliphatic carbocycles. The Bertz CT molecular complexity index is 3370. The molecule has 9 aromatic carbocycles. The fourth-order valence-electron chi connectivity index (χ4n) is 9.66. The summed E-state index contributed by atoms with van der Waals surface area (Å²) in [5.74, 6) is 0. The monoisotopic (exact) mass is 748 g/mol. The summed E-state index contributed by atoms with van der Waals surface area (Å²) in [5, 5.41) is 5.11. The number of para-hydroxylation sites is 3. The van der Waals surface area contributed by atoms with E-state index in [1.54, 1.807) is 0 Å². The van der Waals surface area contributed by atoms with Gasteiger partial charge in [-0.1, -0.05) is 174 Å². The Morgan fingerprint density at radius 1 is 0.305 bits per heavy atom. The van der Waals surface area contributed by atoms with Crippen LogP contribution in [0.3, 0.4) is 0 Å². The van der Waals surface area contributed by atoms with E-state index in [0.29, 0.717) is 0 Å². The smallest absolute Gasteiger partial charge is 0.141 e. The second kappa shape index (κ2) is 14.0. The van der Waals surface area contributed by atoms with Crippen LogP contribution in [-0.4, -0.2) is 32.7 Å². The zero-order chi connectivity index (χ0) is 39.6. The predicted octanol–water partition coefficient (Wildman–Crippen LogP) is 9.32. The summed E-state index contributed by atoms with van der Waals surface area (Å²) in [6.45, 7) is 0. The molecule has 11 aromatic rings. The van der Waals surface area contributed by atoms with Gasteiger partial charge < -0.3 is 9.13 Å². The fraction of sp³-hybridized carbons (Fsp3) is 0. The van der Waals surface area contributed by atoms with E-state index in [0.717, 1.165) is 5.69 Å². The molecular weight excluding hydrogens is 709 g/mol. The van der Waals surface area contributed by atoms with Gasteiger partial charge >= 0.3 is 0 Å². The van der Waals surface area contributed by atoms with Crippen LogP contribution in [0.15, 0.2) is 200 Å². The van der Waals surface area contributed by atoms with Gasteiger partial charge in [-0.3, -0.25) is 0 Å². The van der Waals surface area contributed by atoms with Gasteiger partial charge in [-0.25, -0.2) is 0 Å². The van der Waals surface area contributed by atoms with Crippen molar-refractivity contribution in [3.05, 3.63) is 200 Å². The summed E-state index contributed by atoms with van der Waals surface area (Å²) < 4.78 is 4.93. The lowest BCUT2D eigenvalue weighted by Crippen LogP contribution is -2.35. The van der Waals surface area contributed by atoms with Crippen molar-refractivity contribution in [1.29, 1.82) is 0 Å². The summed E-state index contributed by atoms with van der Waals surface area (Å²) >= 11 is 0. The normalized spacial score (nSPS) is 11.6. The SMILES string of the molecule is Bc1c(-c2ccc3c(c2)c2cccc(-c4ccccc4)c2n3-c2ccc(-c3ccc(-c4ccccc4)cc3)cc2)c(B)c2c3ccccc3n(-c3ccccc3)c2c1B. The Kier molecular flexibility index (Phi) is 8.30. The maximum Gasteiger partial charge on any atom is 0.141 e. The molecule has 2 nitrogen and oxygen atoms in total. The average Bonchev–Trinajstić information content (AvgIpc) is 3.83. The van der Waals surface area contributed by atoms with Gasteiger partial charge in [-0.2, -0.15) is 0 Å². The molecule has 2 aromatic heterocycles. The van der Waals surface area contributed by atoms with Gasteiger partial charge in [0.2, 0.25) is 0 Å². The van der Waals surface area contributed by atoms with Crippen LogP contribution in [0.25, 0.3) is 99.5 Å². The zero-order valence-electron chi connectivity index (χ0n) is 33.4. The van der Waals surface area contributed by atoms with Crippen molar-refractivity contribution in [2.75, 3.05) is 0 Å². The minimum atomic E-state index is 1.14. The summed E-state index contributed by atoms with van der Waals surface area (Å²) in [6.07, 6.45) is 0. The van der Waals surface area contributed by atoms with Gasteiger partial charge in [0.1, 0.15) is 23.5 Å². The highest BCUT2D eigenvalue weighted by Gasteiger charge is 2.23. The third kappa shape index (κ3) is 5.61. The highest BCUT2D eigenvalue weighted by Crippen LogP contribution is 2.40. The molecule has 0 fully saturated rings. The van der Waals surface area contributed by atoms with Crippen LogP contribution in [-0.2, 0) is 0 Å². The molecule has 11 rings (SSSR count). The third-order valence-corrected chi connectivity index (χ3v) is 12.5. The van der Waals surface area contributed by atoms with Crippen molar-refractivity contribution in [1.82, 2.24) is 9.13 Å². The van der Waals surface area contributed by atoms with Gasteiger partial charge in [0.25, 0.3) is 0 Å². The minimum absolute atomic E-state index is 1.14. The molecule has 0 saturated heterocycles. The zero-order valence-corrected chi connectivity index (χ0v) is 33.4. The lowest BCUT2D eigenvalue weighted by molar-refractivity contribution is 1.18. The van der Waals surface area contributed by atoms with Crippen molar-refractivity contribution >= 4 is 83.5 Å². The fourth-order valence-corrected chi connectivity index (χ4v) is 9.66. The summed E-state index contributed by atoms with van der Waals surface area (Å²) in [4.78, 5) is 0. The number of benzene rings is 9. The molecule has 0 amide bonds. The molecular formula is C54H39B3N2. The second-order valence-electron chi connectivity index (χ2n) is 15.8. The Morgan fingerprint density at radius 2 is 0.797 bits per heavy atom. The molecule has 0 unspecified atom stereocenters. The summed E-state index contributed by atoms with van der Waals surface area (Å²) in [6, 6.07) is 73.0. The van der Waals surface area contributed by atoms with Crippen molar-refractivity contribution in [3.8, 4) is 55.9 Å². The van der Waals surface area contributed by atoms with Crippen LogP contribution in [0.5, 0.6) is 0 Å². The van der Waals surface area contributed by atoms with Crippen molar-refractivity contribution in [2.24, 2.45) is 0 Å². The quantitative estimate of drug-likeness (QED) is 0.150. The van der Waals surface area contributed by atoms with Crippen LogP contribution in [0, 0.1) is 0 Å². The Labute approximate surface area is 347 Å². The first-order chi connectivity index (χ1) is 29.0. The van der Waals surface area contributed by atoms with Gasteiger partial charge in [0.05, 0.1) is 16.6 Å². The molecule has 0 spiro atoms. The molecule has 2 heterocycles. The van der Waals surface area contributed by atoms with E-state index in [2.05, 4.69) is 233 Å². The first-order valence-electron chi connectivity index (χ1n) is 20.5. The van der Waals surface area contributed by atoms with E-state index < -0.39 is 0 Å². The maximum atomic E-state index is 2.47. The number of aromatic nitrogens is 2. The van der Waals surface area contributed by atoms with E-state index in [-0.39, 0.29) is 0 Å². The van der Waals surface area contributed by atoms with Gasteiger partial charge in [0, 0.05) is 44.0 Å². The molecule has 0 saturated carbocycles. The number of hydrogen-bond acceptors (Lipinski definition) is 0. The van der Waals surface area contributed by atoms with Crippen LogP contribution in [0.1, 0.15) is 0 Å². The molecule has 0 bridgehead atoms. The summed E-state index contributed by atoms with van der Waals surface area (Å²) in [5.41, 5.74) is 21.1. The van der Waals surface area contributed by atoms with Crippen LogP contribution in [0.4, 0.5) is 0 Å². The Balaban J connectivity index is 1.10. The Hall–Kier alpha value is -7.23. The van der Waals surface area contributed by atoms with Crippen molar-refractivity contribution in [2.45, 2.75) is 0 Å². The van der Waals surface area contributed by atoms with Gasteiger partial charge in [0.15, 0.2) is 0 Å². The first-order valence-corrected chi connectivity index (χ1v) is 20.5. The molecule has 274 valence electrons. The number of fused-ring (bicyclic) bond motifs is 6. The first kappa shape index (κ1) is 35.0. The highest BCUT2D eigenvalue weighted by molar-refractivity contribution is 6.60. The van der Waals surface area contributed by atoms with Crippen LogP contribution in [0.2, 0.25) is 0 Å². The molecule has 5 heteroatoms. The maximum absolute atomic E-state index is 2.47. The molecule has 0 aliphatic heterocycles. The van der Waals surface area contributed by atoms with Gasteiger partial charge in [-0.15, -0.1) is 0 Å². The lowest BCUT2D eigenvalue weighted by Gasteiger charge is -2.18. The number of hydrogen-bond donors (Lipinski definition) is 0. The second-order valence-corrected chi connectivity index (χ2v) is 15.8. The van der Waals surface area contributed by atoms with Crippen molar-refractivity contribution in [3.63, 3.8) is 0 Å². The Morgan fingerprint density at radius 3 is 1.47 bits per heavy atom. The van der Waals surface area contributed by atoms with Crippen LogP contribution < -0.4 is 16.4 Å². The molecule has 59 heavy (non-hydrogen) atoms. The van der Waals surface area contributed by atoms with E-state index in [1.807, 2.05) is 0 Å². The molecule has 0 radical (unpaired) electrons. The standard InChI is InChI=1S/C54H39B3N2/c55-50-48(51(56)52(57)54-49(50)44-19-10-11-22-46(44)59(54)40-17-8-3-9-18-40)39-29-32-47-45(33-39)43-21-12-20-42(38-15-6-2-7-16-38)53(43)58(47)41-30-27-37(28-31-41)36-25-23-35(24-26-36)34-13-4-1-5-14-34/h1-33H,55-57H2. The molecule has 0 N–H and O–H groups in total. The number of rotatable bonds is 6. The molecule has 0 atom stereocenters. The van der Waals surface area contributed by atoms with E-state index in [1.165, 1.54) is 110 Å². The van der Waals surface area contributed by atoms with Crippen LogP contribution >= 0.6 is 0 Å². The van der Waals surface area contributed by atoms with Gasteiger partial charge in [-0.05, 0) is 81.4 Å². The summed E-state index contributed by atoms with van der Waals surface area (Å²) in [7, 11) is 6.93. The van der Waals surface area contributed by atoms with E-state index in [9.17, 15) is 0 Å². The van der Waals surface area contributed by atoms with Crippen molar-refractivity contribution < 1.29 is 0 Å². The van der Waals surface area contributed by atoms with E-state index >= 15 is 0 Å². The minimum Gasteiger partial charge on any atom is -0.310 e. The molecule has 0 aliphatic rings. The average molecular weight is 748 g/mol. The lowest BCUT2D eigenvalue weighted by atomic mass is 9.69. The topological polar surface area (TPSA) is 9.86 Å². The van der Waals surface area contributed by atoms with E-state index in [4.69, 9.17) is 0 Å². The predicted molar refractivity (Wildman–Crippen MR) is 261 cm³/mol. The highest BCUT2D eigenvalue weighted by atomic mass is 15.0.